The van der Waals surface area contributed by atoms with Crippen LogP contribution < -0.4 is 5.32 Å². The van der Waals surface area contributed by atoms with Gasteiger partial charge in [-0.15, -0.1) is 11.3 Å². The monoisotopic (exact) mass is 408 g/mol. The van der Waals surface area contributed by atoms with Crippen molar-refractivity contribution in [1.82, 2.24) is 20.1 Å². The third kappa shape index (κ3) is 3.98. The number of aromatic nitrogens is 3. The molecule has 1 amide bonds. The standard InChI is InChI=1S/C21H17ClN4OS/c1-14-23-12-18(28-14)13-24-21(27)20-11-19(15-7-9-16(22)10-8-15)25-26(20)17-5-3-2-4-6-17/h2-12H,13H2,1H3,(H,24,27). The molecule has 4 rings (SSSR count). The Morgan fingerprint density at radius 2 is 1.89 bits per heavy atom. The third-order valence-corrected chi connectivity index (χ3v) is 5.34. The van der Waals surface area contributed by atoms with E-state index in [9.17, 15) is 4.79 Å². The summed E-state index contributed by atoms with van der Waals surface area (Å²) in [7, 11) is 0. The summed E-state index contributed by atoms with van der Waals surface area (Å²) in [5.74, 6) is -0.192. The quantitative estimate of drug-likeness (QED) is 0.511. The van der Waals surface area contributed by atoms with Gasteiger partial charge in [0.2, 0.25) is 0 Å². The highest BCUT2D eigenvalue weighted by Gasteiger charge is 2.17. The van der Waals surface area contributed by atoms with Crippen LogP contribution in [0.4, 0.5) is 0 Å². The van der Waals surface area contributed by atoms with Crippen molar-refractivity contribution in [3.63, 3.8) is 0 Å². The van der Waals surface area contributed by atoms with Gasteiger partial charge in [0, 0.05) is 21.7 Å². The molecule has 0 radical (unpaired) electrons. The van der Waals surface area contributed by atoms with E-state index in [-0.39, 0.29) is 5.91 Å². The van der Waals surface area contributed by atoms with Crippen molar-refractivity contribution in [2.75, 3.05) is 0 Å². The fourth-order valence-electron chi connectivity index (χ4n) is 2.82. The molecule has 0 aliphatic carbocycles. The van der Waals surface area contributed by atoms with Gasteiger partial charge in [-0.05, 0) is 37.3 Å². The first-order valence-electron chi connectivity index (χ1n) is 8.71. The van der Waals surface area contributed by atoms with Crippen LogP contribution in [-0.4, -0.2) is 20.7 Å². The summed E-state index contributed by atoms with van der Waals surface area (Å²) in [6, 6.07) is 18.8. The lowest BCUT2D eigenvalue weighted by molar-refractivity contribution is 0.0943. The number of hydrogen-bond acceptors (Lipinski definition) is 4. The number of nitrogens with one attached hydrogen (secondary N) is 1. The second-order valence-corrected chi connectivity index (χ2v) is 7.95. The normalized spacial score (nSPS) is 10.8. The molecule has 0 saturated heterocycles. The van der Waals surface area contributed by atoms with Gasteiger partial charge in [0.25, 0.3) is 5.91 Å². The summed E-state index contributed by atoms with van der Waals surface area (Å²) in [4.78, 5) is 18.1. The van der Waals surface area contributed by atoms with Crippen LogP contribution in [0.25, 0.3) is 16.9 Å². The fourth-order valence-corrected chi connectivity index (χ4v) is 3.68. The van der Waals surface area contributed by atoms with Crippen LogP contribution in [0.2, 0.25) is 5.02 Å². The van der Waals surface area contributed by atoms with Crippen LogP contribution in [0.3, 0.4) is 0 Å². The molecule has 0 saturated carbocycles. The number of aryl methyl sites for hydroxylation is 1. The third-order valence-electron chi connectivity index (χ3n) is 4.18. The van der Waals surface area contributed by atoms with Crippen LogP contribution in [0.15, 0.2) is 66.9 Å². The molecule has 1 N–H and O–H groups in total. The number of hydrogen-bond donors (Lipinski definition) is 1. The maximum atomic E-state index is 12.9. The van der Waals surface area contributed by atoms with Crippen molar-refractivity contribution in [1.29, 1.82) is 0 Å². The number of carbonyl (C=O) groups excluding carboxylic acids is 1. The lowest BCUT2D eigenvalue weighted by Gasteiger charge is -2.07. The van der Waals surface area contributed by atoms with E-state index in [0.29, 0.717) is 23.0 Å². The summed E-state index contributed by atoms with van der Waals surface area (Å²) in [5.41, 5.74) is 2.89. The zero-order valence-electron chi connectivity index (χ0n) is 15.1. The highest BCUT2D eigenvalue weighted by molar-refractivity contribution is 7.11. The van der Waals surface area contributed by atoms with Crippen molar-refractivity contribution in [2.45, 2.75) is 13.5 Å². The van der Waals surface area contributed by atoms with Crippen molar-refractivity contribution in [3.05, 3.63) is 87.5 Å². The number of benzene rings is 2. The van der Waals surface area contributed by atoms with Crippen LogP contribution in [0.5, 0.6) is 0 Å². The molecule has 0 spiro atoms. The predicted octanol–water partition coefficient (Wildman–Crippen LogP) is 4.89. The van der Waals surface area contributed by atoms with Crippen LogP contribution in [0.1, 0.15) is 20.4 Å². The molecule has 28 heavy (non-hydrogen) atoms. The second-order valence-electron chi connectivity index (χ2n) is 6.20. The van der Waals surface area contributed by atoms with Crippen molar-refractivity contribution in [3.8, 4) is 16.9 Å². The Morgan fingerprint density at radius 3 is 2.57 bits per heavy atom. The van der Waals surface area contributed by atoms with E-state index in [1.165, 1.54) is 0 Å². The number of amides is 1. The molecule has 2 aromatic heterocycles. The maximum absolute atomic E-state index is 12.9. The Balaban J connectivity index is 1.67. The van der Waals surface area contributed by atoms with E-state index in [2.05, 4.69) is 15.4 Å². The lowest BCUT2D eigenvalue weighted by Crippen LogP contribution is -2.25. The van der Waals surface area contributed by atoms with Gasteiger partial charge in [-0.1, -0.05) is 41.9 Å². The number of para-hydroxylation sites is 1. The summed E-state index contributed by atoms with van der Waals surface area (Å²) in [6.45, 7) is 2.37. The minimum absolute atomic E-state index is 0.192. The second kappa shape index (κ2) is 7.96. The largest absolute Gasteiger partial charge is 0.346 e. The van der Waals surface area contributed by atoms with Gasteiger partial charge in [0.05, 0.1) is 22.9 Å². The smallest absolute Gasteiger partial charge is 0.270 e. The molecule has 2 aromatic carbocycles. The van der Waals surface area contributed by atoms with Gasteiger partial charge in [-0.3, -0.25) is 4.79 Å². The average Bonchev–Trinajstić information content (AvgIpc) is 3.34. The molecule has 0 bridgehead atoms. The zero-order valence-corrected chi connectivity index (χ0v) is 16.7. The number of thiazole rings is 1. The van der Waals surface area contributed by atoms with E-state index in [0.717, 1.165) is 21.1 Å². The van der Waals surface area contributed by atoms with Gasteiger partial charge < -0.3 is 5.32 Å². The summed E-state index contributed by atoms with van der Waals surface area (Å²) < 4.78 is 1.66. The summed E-state index contributed by atoms with van der Waals surface area (Å²) in [6.07, 6.45) is 1.79. The first kappa shape index (κ1) is 18.4. The van der Waals surface area contributed by atoms with Crippen molar-refractivity contribution >= 4 is 28.8 Å². The molecule has 4 aromatic rings. The molecule has 7 heteroatoms. The Bertz CT molecular complexity index is 1100. The summed E-state index contributed by atoms with van der Waals surface area (Å²) >= 11 is 7.56. The maximum Gasteiger partial charge on any atom is 0.270 e. The molecule has 0 atom stereocenters. The first-order chi connectivity index (χ1) is 13.6. The topological polar surface area (TPSA) is 59.8 Å². The van der Waals surface area contributed by atoms with Crippen molar-refractivity contribution in [2.24, 2.45) is 0 Å². The predicted molar refractivity (Wildman–Crippen MR) is 112 cm³/mol. The molecule has 140 valence electrons. The molecular weight excluding hydrogens is 392 g/mol. The Hall–Kier alpha value is -2.96. The van der Waals surface area contributed by atoms with Gasteiger partial charge in [-0.25, -0.2) is 9.67 Å². The highest BCUT2D eigenvalue weighted by Crippen LogP contribution is 2.23. The average molecular weight is 409 g/mol. The lowest BCUT2D eigenvalue weighted by atomic mass is 10.1. The SMILES string of the molecule is Cc1ncc(CNC(=O)c2cc(-c3ccc(Cl)cc3)nn2-c2ccccc2)s1. The van der Waals surface area contributed by atoms with Gasteiger partial charge >= 0.3 is 0 Å². The molecule has 0 aliphatic rings. The highest BCUT2D eigenvalue weighted by atomic mass is 35.5. The fraction of sp³-hybridized carbons (Fsp3) is 0.0952. The Morgan fingerprint density at radius 1 is 1.14 bits per heavy atom. The Labute approximate surface area is 171 Å². The number of carbonyl (C=O) groups is 1. The van der Waals surface area contributed by atoms with E-state index in [1.807, 2.05) is 61.5 Å². The Kier molecular flexibility index (Phi) is 5.23. The van der Waals surface area contributed by atoms with Crippen molar-refractivity contribution < 1.29 is 4.79 Å². The van der Waals surface area contributed by atoms with E-state index in [1.54, 1.807) is 28.3 Å². The summed E-state index contributed by atoms with van der Waals surface area (Å²) in [5, 5.41) is 9.26. The molecular formula is C21H17ClN4OS. The molecule has 0 aliphatic heterocycles. The van der Waals surface area contributed by atoms with E-state index >= 15 is 0 Å². The number of halogens is 1. The van der Waals surface area contributed by atoms with Crippen LogP contribution in [-0.2, 0) is 6.54 Å². The van der Waals surface area contributed by atoms with E-state index in [4.69, 9.17) is 11.6 Å². The zero-order chi connectivity index (χ0) is 19.5. The van der Waals surface area contributed by atoms with Gasteiger partial charge in [0.1, 0.15) is 5.69 Å². The van der Waals surface area contributed by atoms with E-state index < -0.39 is 0 Å². The number of nitrogens with zero attached hydrogens (tertiary/aromatic N) is 3. The number of rotatable bonds is 5. The molecule has 2 heterocycles. The minimum Gasteiger partial charge on any atom is -0.346 e. The van der Waals surface area contributed by atoms with Gasteiger partial charge in [-0.2, -0.15) is 5.10 Å². The minimum atomic E-state index is -0.192. The molecule has 0 unspecified atom stereocenters. The van der Waals surface area contributed by atoms with Crippen LogP contribution in [0, 0.1) is 6.92 Å². The first-order valence-corrected chi connectivity index (χ1v) is 9.90. The molecule has 5 nitrogen and oxygen atoms in total. The molecule has 0 fully saturated rings. The van der Waals surface area contributed by atoms with Gasteiger partial charge in [0.15, 0.2) is 0 Å². The van der Waals surface area contributed by atoms with Crippen LogP contribution >= 0.6 is 22.9 Å².